The highest BCUT2D eigenvalue weighted by molar-refractivity contribution is 5.92. The summed E-state index contributed by atoms with van der Waals surface area (Å²) < 4.78 is 5.10. The van der Waals surface area contributed by atoms with Crippen molar-refractivity contribution in [2.75, 3.05) is 26.1 Å². The molecule has 0 aliphatic carbocycles. The lowest BCUT2D eigenvalue weighted by Crippen LogP contribution is -2.24. The van der Waals surface area contributed by atoms with E-state index in [1.807, 2.05) is 55.4 Å². The predicted molar refractivity (Wildman–Crippen MR) is 82.7 cm³/mol. The topological polar surface area (TPSA) is 54.5 Å². The van der Waals surface area contributed by atoms with Crippen LogP contribution in [0.3, 0.4) is 0 Å². The summed E-state index contributed by atoms with van der Waals surface area (Å²) in [4.78, 5) is 18.3. The normalized spacial score (nSPS) is 10.0. The van der Waals surface area contributed by atoms with Gasteiger partial charge in [0.05, 0.1) is 7.11 Å². The lowest BCUT2D eigenvalue weighted by atomic mass is 10.2. The number of rotatable bonds is 5. The fourth-order valence-corrected chi connectivity index (χ4v) is 1.82. The first-order valence-electron chi connectivity index (χ1n) is 6.65. The Morgan fingerprint density at radius 2 is 1.90 bits per heavy atom. The molecular formula is C16H19N3O2. The molecule has 1 heterocycles. The average Bonchev–Trinajstić information content (AvgIpc) is 2.53. The van der Waals surface area contributed by atoms with Crippen molar-refractivity contribution in [3.05, 3.63) is 53.7 Å². The van der Waals surface area contributed by atoms with Crippen LogP contribution in [-0.2, 0) is 6.54 Å². The van der Waals surface area contributed by atoms with Gasteiger partial charge in [-0.1, -0.05) is 18.2 Å². The summed E-state index contributed by atoms with van der Waals surface area (Å²) in [5.74, 6) is 1.37. The first kappa shape index (κ1) is 14.8. The summed E-state index contributed by atoms with van der Waals surface area (Å²) in [6.07, 6.45) is 0. The van der Waals surface area contributed by atoms with Gasteiger partial charge in [-0.2, -0.15) is 0 Å². The molecular weight excluding hydrogens is 266 g/mol. The highest BCUT2D eigenvalue weighted by Gasteiger charge is 2.08. The maximum Gasteiger partial charge on any atom is 0.270 e. The van der Waals surface area contributed by atoms with Crippen molar-refractivity contribution >= 4 is 11.7 Å². The maximum absolute atomic E-state index is 12.1. The van der Waals surface area contributed by atoms with Gasteiger partial charge < -0.3 is 15.0 Å². The van der Waals surface area contributed by atoms with Gasteiger partial charge in [0.25, 0.3) is 5.91 Å². The van der Waals surface area contributed by atoms with E-state index in [4.69, 9.17) is 4.74 Å². The molecule has 2 rings (SSSR count). The minimum Gasteiger partial charge on any atom is -0.497 e. The molecule has 0 saturated heterocycles. The second-order valence-corrected chi connectivity index (χ2v) is 4.81. The highest BCUT2D eigenvalue weighted by atomic mass is 16.5. The number of hydrogen-bond acceptors (Lipinski definition) is 4. The van der Waals surface area contributed by atoms with Crippen molar-refractivity contribution in [1.29, 1.82) is 0 Å². The molecule has 5 nitrogen and oxygen atoms in total. The molecule has 0 aliphatic heterocycles. The van der Waals surface area contributed by atoms with Gasteiger partial charge in [-0.05, 0) is 29.8 Å². The Hall–Kier alpha value is -2.56. The van der Waals surface area contributed by atoms with E-state index in [0.29, 0.717) is 12.2 Å². The van der Waals surface area contributed by atoms with Crippen LogP contribution in [0, 0.1) is 0 Å². The number of carbonyl (C=O) groups is 1. The Balaban J connectivity index is 1.99. The number of pyridine rings is 1. The summed E-state index contributed by atoms with van der Waals surface area (Å²) in [5.41, 5.74) is 1.42. The largest absolute Gasteiger partial charge is 0.497 e. The van der Waals surface area contributed by atoms with E-state index in [0.717, 1.165) is 17.1 Å². The summed E-state index contributed by atoms with van der Waals surface area (Å²) >= 11 is 0. The van der Waals surface area contributed by atoms with Gasteiger partial charge >= 0.3 is 0 Å². The van der Waals surface area contributed by atoms with E-state index in [9.17, 15) is 4.79 Å². The summed E-state index contributed by atoms with van der Waals surface area (Å²) in [6, 6.07) is 13.0. The molecule has 0 aliphatic rings. The molecule has 21 heavy (non-hydrogen) atoms. The van der Waals surface area contributed by atoms with Gasteiger partial charge in [0, 0.05) is 20.6 Å². The first-order valence-corrected chi connectivity index (χ1v) is 6.65. The third-order valence-corrected chi connectivity index (χ3v) is 3.04. The van der Waals surface area contributed by atoms with E-state index in [1.165, 1.54) is 0 Å². The molecule has 0 spiro atoms. The van der Waals surface area contributed by atoms with E-state index in [1.54, 1.807) is 13.2 Å². The third kappa shape index (κ3) is 3.95. The zero-order valence-electron chi connectivity index (χ0n) is 12.5. The number of nitrogens with one attached hydrogen (secondary N) is 1. The first-order chi connectivity index (χ1) is 10.1. The van der Waals surface area contributed by atoms with Crippen LogP contribution in [0.15, 0.2) is 42.5 Å². The molecule has 0 fully saturated rings. The third-order valence-electron chi connectivity index (χ3n) is 3.04. The summed E-state index contributed by atoms with van der Waals surface area (Å²) in [5, 5.41) is 2.86. The maximum atomic E-state index is 12.1. The number of methoxy groups -OCH3 is 1. The highest BCUT2D eigenvalue weighted by Crippen LogP contribution is 2.11. The zero-order valence-corrected chi connectivity index (χ0v) is 12.5. The van der Waals surface area contributed by atoms with Crippen molar-refractivity contribution < 1.29 is 9.53 Å². The van der Waals surface area contributed by atoms with Gasteiger partial charge in [0.1, 0.15) is 17.3 Å². The lowest BCUT2D eigenvalue weighted by Gasteiger charge is -2.12. The van der Waals surface area contributed by atoms with E-state index < -0.39 is 0 Å². The monoisotopic (exact) mass is 285 g/mol. The molecule has 0 radical (unpaired) electrons. The lowest BCUT2D eigenvalue weighted by molar-refractivity contribution is 0.0946. The average molecular weight is 285 g/mol. The minimum atomic E-state index is -0.186. The van der Waals surface area contributed by atoms with Gasteiger partial charge in [-0.25, -0.2) is 4.98 Å². The van der Waals surface area contributed by atoms with Crippen LogP contribution < -0.4 is 15.0 Å². The van der Waals surface area contributed by atoms with Crippen LogP contribution in [0.1, 0.15) is 16.1 Å². The molecule has 0 saturated carbocycles. The number of carbonyl (C=O) groups excluding carboxylic acids is 1. The summed E-state index contributed by atoms with van der Waals surface area (Å²) in [7, 11) is 5.41. The molecule has 2 aromatic rings. The Morgan fingerprint density at radius 1 is 1.19 bits per heavy atom. The number of hydrogen-bond donors (Lipinski definition) is 1. The van der Waals surface area contributed by atoms with E-state index >= 15 is 0 Å². The second-order valence-electron chi connectivity index (χ2n) is 4.81. The molecule has 110 valence electrons. The minimum absolute atomic E-state index is 0.186. The molecule has 1 aromatic heterocycles. The number of ether oxygens (including phenoxy) is 1. The Labute approximate surface area is 124 Å². The van der Waals surface area contributed by atoms with Crippen LogP contribution in [0.5, 0.6) is 5.75 Å². The quantitative estimate of drug-likeness (QED) is 0.914. The number of anilines is 1. The van der Waals surface area contributed by atoms with Crippen molar-refractivity contribution in [2.45, 2.75) is 6.54 Å². The van der Waals surface area contributed by atoms with Crippen molar-refractivity contribution in [3.8, 4) is 5.75 Å². The SMILES string of the molecule is COc1ccc(CNC(=O)c2cccc(N(C)C)n2)cc1. The number of aromatic nitrogens is 1. The van der Waals surface area contributed by atoms with Crippen molar-refractivity contribution in [2.24, 2.45) is 0 Å². The van der Waals surface area contributed by atoms with E-state index in [2.05, 4.69) is 10.3 Å². The predicted octanol–water partition coefficient (Wildman–Crippen LogP) is 2.09. The molecule has 0 unspecified atom stereocenters. The molecule has 1 aromatic carbocycles. The smallest absolute Gasteiger partial charge is 0.270 e. The van der Waals surface area contributed by atoms with E-state index in [-0.39, 0.29) is 5.91 Å². The fraction of sp³-hybridized carbons (Fsp3) is 0.250. The van der Waals surface area contributed by atoms with Crippen molar-refractivity contribution in [1.82, 2.24) is 10.3 Å². The summed E-state index contributed by atoms with van der Waals surface area (Å²) in [6.45, 7) is 0.455. The molecule has 1 amide bonds. The van der Waals surface area contributed by atoms with Gasteiger partial charge in [0.15, 0.2) is 0 Å². The Morgan fingerprint density at radius 3 is 2.52 bits per heavy atom. The van der Waals surface area contributed by atoms with Crippen molar-refractivity contribution in [3.63, 3.8) is 0 Å². The molecule has 0 bridgehead atoms. The van der Waals surface area contributed by atoms with Gasteiger partial charge in [-0.15, -0.1) is 0 Å². The van der Waals surface area contributed by atoms with Crippen LogP contribution in [0.4, 0.5) is 5.82 Å². The van der Waals surface area contributed by atoms with Crippen LogP contribution in [0.25, 0.3) is 0 Å². The zero-order chi connectivity index (χ0) is 15.2. The molecule has 1 N–H and O–H groups in total. The van der Waals surface area contributed by atoms with Crippen LogP contribution in [-0.4, -0.2) is 32.1 Å². The van der Waals surface area contributed by atoms with Gasteiger partial charge in [0.2, 0.25) is 0 Å². The van der Waals surface area contributed by atoms with Gasteiger partial charge in [-0.3, -0.25) is 4.79 Å². The van der Waals surface area contributed by atoms with Crippen LogP contribution >= 0.6 is 0 Å². The standard InChI is InChI=1S/C16H19N3O2/c1-19(2)15-6-4-5-14(18-15)16(20)17-11-12-7-9-13(21-3)10-8-12/h4-10H,11H2,1-3H3,(H,17,20). The fourth-order valence-electron chi connectivity index (χ4n) is 1.82. The Bertz CT molecular complexity index is 609. The molecule has 0 atom stereocenters. The van der Waals surface area contributed by atoms with Crippen LogP contribution in [0.2, 0.25) is 0 Å². The number of nitrogens with zero attached hydrogens (tertiary/aromatic N) is 2. The Kier molecular flexibility index (Phi) is 4.77. The molecule has 5 heteroatoms. The number of amides is 1. The number of benzene rings is 1. The second kappa shape index (κ2) is 6.74.